The summed E-state index contributed by atoms with van der Waals surface area (Å²) in [5.74, 6) is 0.303. The Morgan fingerprint density at radius 3 is 2.47 bits per heavy atom. The van der Waals surface area contributed by atoms with E-state index in [1.165, 1.54) is 18.7 Å². The molecule has 0 saturated heterocycles. The summed E-state index contributed by atoms with van der Waals surface area (Å²) < 4.78 is 0. The minimum Gasteiger partial charge on any atom is -0.258 e. The first-order chi connectivity index (χ1) is 7.29. The second-order valence-electron chi connectivity index (χ2n) is 2.74. The average Bonchev–Trinajstić information content (AvgIpc) is 2.30. The van der Waals surface area contributed by atoms with Gasteiger partial charge in [-0.3, -0.25) is 10.1 Å². The third-order valence-corrected chi connectivity index (χ3v) is 1.84. The van der Waals surface area contributed by atoms with Crippen molar-refractivity contribution in [1.82, 2.24) is 15.0 Å². The van der Waals surface area contributed by atoms with E-state index in [0.29, 0.717) is 11.4 Å². The molecule has 1 heterocycles. The van der Waals surface area contributed by atoms with Crippen molar-refractivity contribution < 1.29 is 4.92 Å². The van der Waals surface area contributed by atoms with Crippen molar-refractivity contribution in [2.24, 2.45) is 0 Å². The third kappa shape index (κ3) is 1.78. The van der Waals surface area contributed by atoms with Gasteiger partial charge in [0.2, 0.25) is 0 Å². The normalized spacial score (nSPS) is 9.87. The highest BCUT2D eigenvalue weighted by atomic mass is 16.6. The Kier molecular flexibility index (Phi) is 2.32. The van der Waals surface area contributed by atoms with Gasteiger partial charge in [0, 0.05) is 6.07 Å². The predicted molar refractivity (Wildman–Crippen MR) is 51.9 cm³/mol. The quantitative estimate of drug-likeness (QED) is 0.543. The Bertz CT molecular complexity index is 486. The van der Waals surface area contributed by atoms with E-state index < -0.39 is 4.92 Å². The van der Waals surface area contributed by atoms with E-state index in [-0.39, 0.29) is 5.69 Å². The number of benzene rings is 1. The van der Waals surface area contributed by atoms with Crippen LogP contribution in [0.3, 0.4) is 0 Å². The smallest absolute Gasteiger partial charge is 0.258 e. The molecule has 0 spiro atoms. The Hall–Kier alpha value is -2.37. The molecule has 0 aliphatic heterocycles. The summed E-state index contributed by atoms with van der Waals surface area (Å²) in [6.45, 7) is 0. The van der Waals surface area contributed by atoms with Gasteiger partial charge in [-0.05, 0) is 6.07 Å². The van der Waals surface area contributed by atoms with Crippen LogP contribution in [-0.4, -0.2) is 19.9 Å². The van der Waals surface area contributed by atoms with Crippen LogP contribution in [0.15, 0.2) is 36.9 Å². The molecular formula is C9H6N4O2. The number of aromatic nitrogens is 3. The minimum absolute atomic E-state index is 0.0105. The predicted octanol–water partition coefficient (Wildman–Crippen LogP) is 1.45. The van der Waals surface area contributed by atoms with Crippen molar-refractivity contribution in [3.8, 4) is 11.4 Å². The van der Waals surface area contributed by atoms with Gasteiger partial charge in [-0.1, -0.05) is 12.1 Å². The van der Waals surface area contributed by atoms with Gasteiger partial charge in [0.05, 0.1) is 10.5 Å². The van der Waals surface area contributed by atoms with Crippen LogP contribution < -0.4 is 0 Å². The zero-order chi connectivity index (χ0) is 10.7. The van der Waals surface area contributed by atoms with Crippen LogP contribution in [0.5, 0.6) is 0 Å². The summed E-state index contributed by atoms with van der Waals surface area (Å²) in [5.41, 5.74) is 0.383. The van der Waals surface area contributed by atoms with Crippen LogP contribution in [0.1, 0.15) is 0 Å². The summed E-state index contributed by atoms with van der Waals surface area (Å²) in [5, 5.41) is 10.7. The highest BCUT2D eigenvalue weighted by molar-refractivity contribution is 5.67. The molecule has 0 radical (unpaired) electrons. The molecule has 1 aromatic carbocycles. The van der Waals surface area contributed by atoms with Crippen molar-refractivity contribution >= 4 is 5.69 Å². The fraction of sp³-hybridized carbons (Fsp3) is 0. The number of hydrogen-bond acceptors (Lipinski definition) is 5. The maximum absolute atomic E-state index is 10.7. The number of nitro groups is 1. The second kappa shape index (κ2) is 3.79. The summed E-state index contributed by atoms with van der Waals surface area (Å²) in [4.78, 5) is 21.7. The molecular weight excluding hydrogens is 196 g/mol. The van der Waals surface area contributed by atoms with Crippen molar-refractivity contribution in [3.05, 3.63) is 47.0 Å². The van der Waals surface area contributed by atoms with Crippen LogP contribution in [0, 0.1) is 10.1 Å². The lowest BCUT2D eigenvalue weighted by Gasteiger charge is -1.99. The minimum atomic E-state index is -0.459. The van der Waals surface area contributed by atoms with Gasteiger partial charge >= 0.3 is 0 Å². The molecule has 0 fully saturated rings. The summed E-state index contributed by atoms with van der Waals surface area (Å²) in [6, 6.07) is 6.32. The highest BCUT2D eigenvalue weighted by Gasteiger charge is 2.15. The Labute approximate surface area is 84.8 Å². The molecule has 0 bridgehead atoms. The molecule has 0 aliphatic rings. The summed E-state index contributed by atoms with van der Waals surface area (Å²) >= 11 is 0. The van der Waals surface area contributed by atoms with Crippen LogP contribution in [0.2, 0.25) is 0 Å². The average molecular weight is 202 g/mol. The van der Waals surface area contributed by atoms with Gasteiger partial charge in [-0.15, -0.1) is 0 Å². The van der Waals surface area contributed by atoms with Crippen LogP contribution in [0.25, 0.3) is 11.4 Å². The molecule has 0 aliphatic carbocycles. The molecule has 0 unspecified atom stereocenters. The fourth-order valence-electron chi connectivity index (χ4n) is 1.20. The third-order valence-electron chi connectivity index (χ3n) is 1.84. The van der Waals surface area contributed by atoms with Gasteiger partial charge in [0.15, 0.2) is 5.82 Å². The maximum atomic E-state index is 10.7. The SMILES string of the molecule is O=[N+]([O-])c1ccccc1-c1ncncn1. The summed E-state index contributed by atoms with van der Waals surface area (Å²) in [7, 11) is 0. The molecule has 1 aromatic heterocycles. The van der Waals surface area contributed by atoms with E-state index in [1.54, 1.807) is 18.2 Å². The Morgan fingerprint density at radius 2 is 1.80 bits per heavy atom. The van der Waals surface area contributed by atoms with Gasteiger partial charge in [0.25, 0.3) is 5.69 Å². The first-order valence-electron chi connectivity index (χ1n) is 4.15. The first kappa shape index (κ1) is 9.20. The lowest BCUT2D eigenvalue weighted by Crippen LogP contribution is -1.95. The van der Waals surface area contributed by atoms with Gasteiger partial charge in [-0.25, -0.2) is 15.0 Å². The molecule has 74 valence electrons. The molecule has 0 atom stereocenters. The molecule has 6 nitrogen and oxygen atoms in total. The molecule has 0 saturated carbocycles. The highest BCUT2D eigenvalue weighted by Crippen LogP contribution is 2.25. The zero-order valence-corrected chi connectivity index (χ0v) is 7.57. The van der Waals surface area contributed by atoms with Gasteiger partial charge in [0.1, 0.15) is 12.7 Å². The van der Waals surface area contributed by atoms with Crippen molar-refractivity contribution in [2.75, 3.05) is 0 Å². The monoisotopic (exact) mass is 202 g/mol. The van der Waals surface area contributed by atoms with Crippen LogP contribution in [-0.2, 0) is 0 Å². The standard InChI is InChI=1S/C9H6N4O2/c14-13(15)8-4-2-1-3-7(8)9-11-5-10-6-12-9/h1-6H. The van der Waals surface area contributed by atoms with E-state index >= 15 is 0 Å². The molecule has 2 rings (SSSR count). The fourth-order valence-corrected chi connectivity index (χ4v) is 1.20. The zero-order valence-electron chi connectivity index (χ0n) is 7.57. The maximum Gasteiger partial charge on any atom is 0.280 e. The Morgan fingerprint density at radius 1 is 1.13 bits per heavy atom. The van der Waals surface area contributed by atoms with Crippen molar-refractivity contribution in [3.63, 3.8) is 0 Å². The van der Waals surface area contributed by atoms with Crippen LogP contribution >= 0.6 is 0 Å². The van der Waals surface area contributed by atoms with Gasteiger partial charge in [-0.2, -0.15) is 0 Å². The van der Waals surface area contributed by atoms with E-state index in [1.807, 2.05) is 0 Å². The van der Waals surface area contributed by atoms with E-state index in [4.69, 9.17) is 0 Å². The molecule has 0 N–H and O–H groups in total. The van der Waals surface area contributed by atoms with E-state index in [0.717, 1.165) is 0 Å². The summed E-state index contributed by atoms with van der Waals surface area (Å²) in [6.07, 6.45) is 2.61. The van der Waals surface area contributed by atoms with Gasteiger partial charge < -0.3 is 0 Å². The van der Waals surface area contributed by atoms with Crippen molar-refractivity contribution in [2.45, 2.75) is 0 Å². The Balaban J connectivity index is 2.58. The number of nitro benzene ring substituents is 1. The number of rotatable bonds is 2. The first-order valence-corrected chi connectivity index (χ1v) is 4.15. The number of para-hydroxylation sites is 1. The molecule has 0 amide bonds. The van der Waals surface area contributed by atoms with E-state index in [2.05, 4.69) is 15.0 Å². The largest absolute Gasteiger partial charge is 0.280 e. The molecule has 6 heteroatoms. The number of nitrogens with zero attached hydrogens (tertiary/aromatic N) is 4. The van der Waals surface area contributed by atoms with Crippen LogP contribution in [0.4, 0.5) is 5.69 Å². The lowest BCUT2D eigenvalue weighted by molar-refractivity contribution is -0.384. The second-order valence-corrected chi connectivity index (χ2v) is 2.74. The molecule has 15 heavy (non-hydrogen) atoms. The molecule has 2 aromatic rings. The number of hydrogen-bond donors (Lipinski definition) is 0. The van der Waals surface area contributed by atoms with Crippen molar-refractivity contribution in [1.29, 1.82) is 0 Å². The lowest BCUT2D eigenvalue weighted by atomic mass is 10.2. The van der Waals surface area contributed by atoms with E-state index in [9.17, 15) is 10.1 Å². The topological polar surface area (TPSA) is 81.8 Å².